The predicted molar refractivity (Wildman–Crippen MR) is 98.5 cm³/mol. The van der Waals surface area contributed by atoms with E-state index in [4.69, 9.17) is 0 Å². The molecule has 0 spiro atoms. The molecule has 0 unspecified atom stereocenters. The number of alkyl halides is 1. The summed E-state index contributed by atoms with van der Waals surface area (Å²) >= 11 is 0. The average Bonchev–Trinajstić information content (AvgIpc) is 3.08. The summed E-state index contributed by atoms with van der Waals surface area (Å²) < 4.78 is 15.1. The van der Waals surface area contributed by atoms with E-state index >= 15 is 0 Å². The molecule has 0 aliphatic carbocycles. The molecule has 0 radical (unpaired) electrons. The van der Waals surface area contributed by atoms with E-state index in [2.05, 4.69) is 0 Å². The molecule has 4 rings (SSSR count). The fourth-order valence-electron chi connectivity index (χ4n) is 4.76. The third-order valence-corrected chi connectivity index (χ3v) is 6.07. The minimum absolute atomic E-state index is 0.0692. The number of carbonyl (C=O) groups is 2. The predicted octanol–water partition coefficient (Wildman–Crippen LogP) is 1.78. The molecule has 146 valence electrons. The van der Waals surface area contributed by atoms with E-state index in [9.17, 15) is 18.8 Å². The molecule has 3 aliphatic rings. The molecule has 3 aliphatic heterocycles. The van der Waals surface area contributed by atoms with E-state index < -0.39 is 6.17 Å². The number of pyridine rings is 1. The number of halogens is 1. The monoisotopic (exact) mass is 375 g/mol. The van der Waals surface area contributed by atoms with Gasteiger partial charge in [-0.15, -0.1) is 0 Å². The normalized spacial score (nSPS) is 26.8. The van der Waals surface area contributed by atoms with E-state index in [0.29, 0.717) is 39.0 Å². The highest BCUT2D eigenvalue weighted by Gasteiger charge is 2.37. The van der Waals surface area contributed by atoms with Gasteiger partial charge in [-0.25, -0.2) is 4.39 Å². The lowest BCUT2D eigenvalue weighted by atomic mass is 9.82. The third-order valence-electron chi connectivity index (χ3n) is 6.07. The number of hydrogen-bond donors (Lipinski definition) is 0. The van der Waals surface area contributed by atoms with E-state index in [1.807, 2.05) is 17.9 Å². The number of fused-ring (bicyclic) bond motifs is 4. The third kappa shape index (κ3) is 3.28. The molecule has 2 bridgehead atoms. The Kier molecular flexibility index (Phi) is 4.78. The molecule has 1 aromatic heterocycles. The first-order chi connectivity index (χ1) is 13.0. The van der Waals surface area contributed by atoms with Crippen molar-refractivity contribution in [1.82, 2.24) is 14.4 Å². The lowest BCUT2D eigenvalue weighted by Gasteiger charge is -2.43. The van der Waals surface area contributed by atoms with Crippen LogP contribution in [0.1, 0.15) is 54.6 Å². The zero-order chi connectivity index (χ0) is 19.1. The fourth-order valence-corrected chi connectivity index (χ4v) is 4.76. The first-order valence-electron chi connectivity index (χ1n) is 9.92. The molecule has 6 nitrogen and oxygen atoms in total. The second-order valence-corrected chi connectivity index (χ2v) is 8.07. The quantitative estimate of drug-likeness (QED) is 0.809. The average molecular weight is 375 g/mol. The van der Waals surface area contributed by atoms with Gasteiger partial charge in [-0.05, 0) is 37.3 Å². The summed E-state index contributed by atoms with van der Waals surface area (Å²) in [7, 11) is 0. The first-order valence-corrected chi connectivity index (χ1v) is 9.92. The van der Waals surface area contributed by atoms with Crippen molar-refractivity contribution in [1.29, 1.82) is 0 Å². The van der Waals surface area contributed by atoms with Gasteiger partial charge < -0.3 is 14.4 Å². The molecule has 7 heteroatoms. The number of rotatable bonds is 3. The van der Waals surface area contributed by atoms with E-state index in [1.165, 1.54) is 4.90 Å². The Balaban J connectivity index is 1.60. The van der Waals surface area contributed by atoms with Gasteiger partial charge in [0, 0.05) is 44.2 Å². The lowest BCUT2D eigenvalue weighted by molar-refractivity contribution is -0.134. The van der Waals surface area contributed by atoms with Gasteiger partial charge in [-0.3, -0.25) is 14.4 Å². The van der Waals surface area contributed by atoms with Crippen LogP contribution in [0.3, 0.4) is 0 Å². The maximum atomic E-state index is 13.4. The highest BCUT2D eigenvalue weighted by Crippen LogP contribution is 2.35. The Morgan fingerprint density at radius 2 is 1.96 bits per heavy atom. The van der Waals surface area contributed by atoms with Crippen LogP contribution in [0.5, 0.6) is 0 Å². The lowest BCUT2D eigenvalue weighted by Crippen LogP contribution is -2.49. The number of carbonyl (C=O) groups excluding carboxylic acids is 2. The van der Waals surface area contributed by atoms with Crippen molar-refractivity contribution >= 4 is 11.8 Å². The van der Waals surface area contributed by atoms with Gasteiger partial charge in [0.05, 0.1) is 6.54 Å². The van der Waals surface area contributed by atoms with E-state index in [1.54, 1.807) is 10.6 Å². The summed E-state index contributed by atoms with van der Waals surface area (Å²) in [4.78, 5) is 41.3. The second-order valence-electron chi connectivity index (χ2n) is 8.07. The molecule has 2 amide bonds. The minimum Gasteiger partial charge on any atom is -0.342 e. The topological polar surface area (TPSA) is 62.6 Å². The first kappa shape index (κ1) is 18.2. The van der Waals surface area contributed by atoms with Crippen LogP contribution in [0.15, 0.2) is 16.9 Å². The SMILES string of the molecule is CCCC(=O)N1C[C@@H]2C[C@H](C1)c1ccc(C(=O)N3CC[C@H](F)C3)c(=O)n1C2. The zero-order valence-corrected chi connectivity index (χ0v) is 15.7. The molecule has 4 heterocycles. The number of piperidine rings is 1. The molecule has 1 aromatic rings. The maximum absolute atomic E-state index is 13.4. The highest BCUT2D eigenvalue weighted by atomic mass is 19.1. The van der Waals surface area contributed by atoms with Crippen molar-refractivity contribution in [3.63, 3.8) is 0 Å². The molecular weight excluding hydrogens is 349 g/mol. The van der Waals surface area contributed by atoms with Gasteiger partial charge in [0.2, 0.25) is 5.91 Å². The number of nitrogens with zero attached hydrogens (tertiary/aromatic N) is 3. The Hall–Kier alpha value is -2.18. The van der Waals surface area contributed by atoms with Crippen molar-refractivity contribution in [2.24, 2.45) is 5.92 Å². The second kappa shape index (κ2) is 7.09. The summed E-state index contributed by atoms with van der Waals surface area (Å²) in [6.07, 6.45) is 1.70. The Morgan fingerprint density at radius 1 is 1.15 bits per heavy atom. The molecule has 27 heavy (non-hydrogen) atoms. The molecule has 2 fully saturated rings. The summed E-state index contributed by atoms with van der Waals surface area (Å²) in [6.45, 7) is 4.28. The molecule has 0 N–H and O–H groups in total. The summed E-state index contributed by atoms with van der Waals surface area (Å²) in [6, 6.07) is 3.45. The number of aromatic nitrogens is 1. The largest absolute Gasteiger partial charge is 0.342 e. The number of amides is 2. The zero-order valence-electron chi connectivity index (χ0n) is 15.7. The van der Waals surface area contributed by atoms with Gasteiger partial charge in [0.25, 0.3) is 11.5 Å². The number of hydrogen-bond acceptors (Lipinski definition) is 3. The summed E-state index contributed by atoms with van der Waals surface area (Å²) in [5, 5.41) is 0. The number of likely N-dealkylation sites (tertiary alicyclic amines) is 2. The van der Waals surface area contributed by atoms with E-state index in [0.717, 1.165) is 18.5 Å². The van der Waals surface area contributed by atoms with Crippen molar-refractivity contribution in [3.8, 4) is 0 Å². The van der Waals surface area contributed by atoms with Gasteiger partial charge >= 0.3 is 0 Å². The van der Waals surface area contributed by atoms with Crippen LogP contribution in [0, 0.1) is 5.92 Å². The standard InChI is InChI=1S/C20H26FN3O3/c1-2-3-18(25)23-9-13-8-14(11-23)17-5-4-16(20(27)24(17)10-13)19(26)22-7-6-15(21)12-22/h4-5,13-15H,2-3,6-12H2,1H3/t13-,14+,15-/m0/s1. The van der Waals surface area contributed by atoms with Gasteiger partial charge in [0.1, 0.15) is 11.7 Å². The van der Waals surface area contributed by atoms with Gasteiger partial charge in [0.15, 0.2) is 0 Å². The van der Waals surface area contributed by atoms with Crippen molar-refractivity contribution < 1.29 is 14.0 Å². The highest BCUT2D eigenvalue weighted by molar-refractivity contribution is 5.94. The van der Waals surface area contributed by atoms with Crippen LogP contribution in [0.4, 0.5) is 4.39 Å². The molecule has 2 saturated heterocycles. The van der Waals surface area contributed by atoms with Crippen LogP contribution in [-0.2, 0) is 11.3 Å². The molecular formula is C20H26FN3O3. The van der Waals surface area contributed by atoms with Crippen molar-refractivity contribution in [2.45, 2.75) is 51.2 Å². The Bertz CT molecular complexity index is 821. The van der Waals surface area contributed by atoms with Crippen molar-refractivity contribution in [2.75, 3.05) is 26.2 Å². The van der Waals surface area contributed by atoms with E-state index in [-0.39, 0.29) is 41.3 Å². The summed E-state index contributed by atoms with van der Waals surface area (Å²) in [5.41, 5.74) is 0.765. The summed E-state index contributed by atoms with van der Waals surface area (Å²) in [5.74, 6) is 0.190. The smallest absolute Gasteiger partial charge is 0.263 e. The van der Waals surface area contributed by atoms with Crippen LogP contribution in [0.25, 0.3) is 0 Å². The van der Waals surface area contributed by atoms with Crippen LogP contribution < -0.4 is 5.56 Å². The van der Waals surface area contributed by atoms with Gasteiger partial charge in [-0.1, -0.05) is 6.92 Å². The van der Waals surface area contributed by atoms with Crippen LogP contribution in [0.2, 0.25) is 0 Å². The van der Waals surface area contributed by atoms with Gasteiger partial charge in [-0.2, -0.15) is 0 Å². The van der Waals surface area contributed by atoms with Crippen molar-refractivity contribution in [3.05, 3.63) is 33.7 Å². The Morgan fingerprint density at radius 3 is 2.67 bits per heavy atom. The Labute approximate surface area is 157 Å². The fraction of sp³-hybridized carbons (Fsp3) is 0.650. The van der Waals surface area contributed by atoms with Crippen LogP contribution in [-0.4, -0.2) is 58.5 Å². The minimum atomic E-state index is -1.000. The maximum Gasteiger partial charge on any atom is 0.263 e. The molecule has 3 atom stereocenters. The van der Waals surface area contributed by atoms with Crippen LogP contribution >= 0.6 is 0 Å². The molecule has 0 aromatic carbocycles. The molecule has 0 saturated carbocycles.